The first kappa shape index (κ1) is 18.6. The second-order valence-corrected chi connectivity index (χ2v) is 7.38. The smallest absolute Gasteiger partial charge is 0.241 e. The van der Waals surface area contributed by atoms with E-state index in [9.17, 15) is 8.42 Å². The minimum absolute atomic E-state index is 0.143. The molecule has 1 heterocycles. The Balaban J connectivity index is 1.74. The summed E-state index contributed by atoms with van der Waals surface area (Å²) in [7, 11) is -2.16. The predicted octanol–water partition coefficient (Wildman–Crippen LogP) is 2.51. The van der Waals surface area contributed by atoms with Gasteiger partial charge in [-0.1, -0.05) is 24.3 Å². The summed E-state index contributed by atoms with van der Waals surface area (Å²) in [5.41, 5.74) is 0.404. The molecule has 0 amide bonds. The van der Waals surface area contributed by atoms with Crippen LogP contribution in [0.3, 0.4) is 0 Å². The van der Waals surface area contributed by atoms with Crippen molar-refractivity contribution < 1.29 is 13.2 Å². The molecule has 3 aromatic rings. The minimum atomic E-state index is -3.71. The van der Waals surface area contributed by atoms with Gasteiger partial charge in [-0.25, -0.2) is 18.1 Å². The van der Waals surface area contributed by atoms with E-state index in [-0.39, 0.29) is 11.4 Å². The maximum atomic E-state index is 12.7. The van der Waals surface area contributed by atoms with Gasteiger partial charge >= 0.3 is 0 Å². The van der Waals surface area contributed by atoms with Crippen molar-refractivity contribution in [2.24, 2.45) is 0 Å². The van der Waals surface area contributed by atoms with Gasteiger partial charge in [0.05, 0.1) is 17.6 Å². The van der Waals surface area contributed by atoms with E-state index in [1.807, 2.05) is 18.2 Å². The van der Waals surface area contributed by atoms with Gasteiger partial charge < -0.3 is 10.1 Å². The Morgan fingerprint density at radius 1 is 1.07 bits per heavy atom. The van der Waals surface area contributed by atoms with Crippen LogP contribution in [-0.4, -0.2) is 33.6 Å². The first-order chi connectivity index (χ1) is 13.1. The van der Waals surface area contributed by atoms with Crippen molar-refractivity contribution in [2.45, 2.75) is 4.90 Å². The molecule has 2 N–H and O–H groups in total. The molecule has 0 aliphatic carbocycles. The molecular weight excluding hydrogens is 364 g/mol. The molecule has 0 aliphatic heterocycles. The number of anilines is 1. The molecule has 0 unspecified atom stereocenters. The van der Waals surface area contributed by atoms with E-state index in [1.54, 1.807) is 43.6 Å². The number of hydrogen-bond acceptors (Lipinski definition) is 6. The highest BCUT2D eigenvalue weighted by atomic mass is 32.2. The number of aromatic nitrogens is 1. The van der Waals surface area contributed by atoms with Gasteiger partial charge in [-0.05, 0) is 24.3 Å². The number of methoxy groups -OCH3 is 1. The lowest BCUT2D eigenvalue weighted by atomic mass is 10.1. The van der Waals surface area contributed by atoms with Gasteiger partial charge in [0.1, 0.15) is 17.6 Å². The fourth-order valence-corrected chi connectivity index (χ4v) is 3.98. The molecule has 2 aromatic carbocycles. The van der Waals surface area contributed by atoms with Gasteiger partial charge in [-0.3, -0.25) is 0 Å². The Bertz CT molecular complexity index is 1110. The summed E-state index contributed by atoms with van der Waals surface area (Å²) < 4.78 is 33.3. The van der Waals surface area contributed by atoms with Crippen LogP contribution in [0.25, 0.3) is 10.8 Å². The molecule has 138 valence electrons. The standard InChI is InChI=1S/C19H18N4O3S/c1-26-17-8-9-18(16-7-3-2-6-15(16)17)27(24,25)23-12-11-22-19-14(13-20)5-4-10-21-19/h2-10,23H,11-12H2,1H3,(H,21,22). The summed E-state index contributed by atoms with van der Waals surface area (Å²) in [6.45, 7) is 0.434. The Kier molecular flexibility index (Phi) is 5.54. The molecule has 0 saturated heterocycles. The molecule has 0 saturated carbocycles. The molecule has 0 bridgehead atoms. The lowest BCUT2D eigenvalue weighted by Crippen LogP contribution is -2.29. The third kappa shape index (κ3) is 4.00. The van der Waals surface area contributed by atoms with Crippen LogP contribution in [0.2, 0.25) is 0 Å². The molecule has 0 radical (unpaired) electrons. The molecule has 7 nitrogen and oxygen atoms in total. The Labute approximate surface area is 157 Å². The number of nitrogens with zero attached hydrogens (tertiary/aromatic N) is 2. The summed E-state index contributed by atoms with van der Waals surface area (Å²) in [5, 5.41) is 13.3. The number of pyridine rings is 1. The van der Waals surface area contributed by atoms with E-state index in [0.29, 0.717) is 29.1 Å². The van der Waals surface area contributed by atoms with Gasteiger partial charge in [0.15, 0.2) is 0 Å². The van der Waals surface area contributed by atoms with E-state index in [1.165, 1.54) is 6.07 Å². The summed E-state index contributed by atoms with van der Waals surface area (Å²) in [6.07, 6.45) is 1.57. The fourth-order valence-electron chi connectivity index (χ4n) is 2.74. The second kappa shape index (κ2) is 8.03. The number of rotatable bonds is 7. The lowest BCUT2D eigenvalue weighted by molar-refractivity contribution is 0.419. The van der Waals surface area contributed by atoms with E-state index in [4.69, 9.17) is 10.00 Å². The van der Waals surface area contributed by atoms with Crippen LogP contribution in [0.15, 0.2) is 59.6 Å². The topological polar surface area (TPSA) is 104 Å². The Morgan fingerprint density at radius 2 is 1.85 bits per heavy atom. The van der Waals surface area contributed by atoms with Gasteiger partial charge in [0.2, 0.25) is 10.0 Å². The third-order valence-corrected chi connectivity index (χ3v) is 5.51. The minimum Gasteiger partial charge on any atom is -0.496 e. The zero-order chi connectivity index (χ0) is 19.3. The van der Waals surface area contributed by atoms with Crippen molar-refractivity contribution in [1.82, 2.24) is 9.71 Å². The van der Waals surface area contributed by atoms with Gasteiger partial charge in [-0.2, -0.15) is 5.26 Å². The van der Waals surface area contributed by atoms with E-state index in [2.05, 4.69) is 15.0 Å². The van der Waals surface area contributed by atoms with Crippen molar-refractivity contribution in [3.05, 3.63) is 60.3 Å². The number of sulfonamides is 1. The molecule has 0 atom stereocenters. The summed E-state index contributed by atoms with van der Waals surface area (Å²) in [5.74, 6) is 1.04. The number of ether oxygens (including phenoxy) is 1. The third-order valence-electron chi connectivity index (χ3n) is 3.99. The molecule has 27 heavy (non-hydrogen) atoms. The zero-order valence-corrected chi connectivity index (χ0v) is 15.5. The predicted molar refractivity (Wildman–Crippen MR) is 103 cm³/mol. The molecular formula is C19H18N4O3S. The summed E-state index contributed by atoms with van der Waals surface area (Å²) in [4.78, 5) is 4.27. The Hall–Kier alpha value is -3.15. The number of benzene rings is 2. The van der Waals surface area contributed by atoms with E-state index < -0.39 is 10.0 Å². The summed E-state index contributed by atoms with van der Waals surface area (Å²) >= 11 is 0. The van der Waals surface area contributed by atoms with Crippen LogP contribution in [0.4, 0.5) is 5.82 Å². The molecule has 0 aliphatic rings. The Morgan fingerprint density at radius 3 is 2.59 bits per heavy atom. The maximum Gasteiger partial charge on any atom is 0.241 e. The molecule has 0 spiro atoms. The highest BCUT2D eigenvalue weighted by Crippen LogP contribution is 2.30. The number of nitriles is 1. The highest BCUT2D eigenvalue weighted by Gasteiger charge is 2.18. The fraction of sp³-hybridized carbons (Fsp3) is 0.158. The van der Waals surface area contributed by atoms with Crippen LogP contribution in [0, 0.1) is 11.3 Å². The van der Waals surface area contributed by atoms with Crippen LogP contribution in [0.5, 0.6) is 5.75 Å². The van der Waals surface area contributed by atoms with Crippen LogP contribution in [0.1, 0.15) is 5.56 Å². The van der Waals surface area contributed by atoms with E-state index >= 15 is 0 Å². The quantitative estimate of drug-likeness (QED) is 0.609. The van der Waals surface area contributed by atoms with Gasteiger partial charge in [0, 0.05) is 30.1 Å². The van der Waals surface area contributed by atoms with Gasteiger partial charge in [-0.15, -0.1) is 0 Å². The second-order valence-electron chi connectivity index (χ2n) is 5.65. The van der Waals surface area contributed by atoms with Crippen LogP contribution in [-0.2, 0) is 10.0 Å². The first-order valence-corrected chi connectivity index (χ1v) is 9.69. The maximum absolute atomic E-state index is 12.7. The lowest BCUT2D eigenvalue weighted by Gasteiger charge is -2.12. The van der Waals surface area contributed by atoms with Crippen molar-refractivity contribution in [3.63, 3.8) is 0 Å². The van der Waals surface area contributed by atoms with Crippen LogP contribution >= 0.6 is 0 Å². The van der Waals surface area contributed by atoms with Crippen molar-refractivity contribution in [3.8, 4) is 11.8 Å². The average Bonchev–Trinajstić information content (AvgIpc) is 2.70. The van der Waals surface area contributed by atoms with Gasteiger partial charge in [0.25, 0.3) is 0 Å². The largest absolute Gasteiger partial charge is 0.496 e. The first-order valence-electron chi connectivity index (χ1n) is 8.21. The highest BCUT2D eigenvalue weighted by molar-refractivity contribution is 7.89. The van der Waals surface area contributed by atoms with Crippen molar-refractivity contribution in [1.29, 1.82) is 5.26 Å². The van der Waals surface area contributed by atoms with Crippen molar-refractivity contribution >= 4 is 26.6 Å². The molecule has 0 fully saturated rings. The van der Waals surface area contributed by atoms with Crippen LogP contribution < -0.4 is 14.8 Å². The molecule has 1 aromatic heterocycles. The zero-order valence-electron chi connectivity index (χ0n) is 14.6. The SMILES string of the molecule is COc1ccc(S(=O)(=O)NCCNc2ncccc2C#N)c2ccccc12. The number of nitrogens with one attached hydrogen (secondary N) is 2. The summed E-state index contributed by atoms with van der Waals surface area (Å²) in [6, 6.07) is 15.7. The number of fused-ring (bicyclic) bond motifs is 1. The normalized spacial score (nSPS) is 11.1. The molecule has 8 heteroatoms. The monoisotopic (exact) mass is 382 g/mol. The van der Waals surface area contributed by atoms with Crippen molar-refractivity contribution in [2.75, 3.05) is 25.5 Å². The average molecular weight is 382 g/mol. The number of hydrogen-bond donors (Lipinski definition) is 2. The van der Waals surface area contributed by atoms with E-state index in [0.717, 1.165) is 5.39 Å². The molecule has 3 rings (SSSR count).